The topological polar surface area (TPSA) is 55.4 Å². The van der Waals surface area contributed by atoms with Crippen molar-refractivity contribution in [3.05, 3.63) is 58.3 Å². The van der Waals surface area contributed by atoms with Gasteiger partial charge in [-0.2, -0.15) is 0 Å². The van der Waals surface area contributed by atoms with Crippen LogP contribution in [0.5, 0.6) is 5.75 Å². The van der Waals surface area contributed by atoms with E-state index in [2.05, 4.69) is 21.2 Å². The Morgan fingerprint density at radius 2 is 1.86 bits per heavy atom. The van der Waals surface area contributed by atoms with Crippen LogP contribution >= 0.6 is 15.9 Å². The number of nitrogens with one attached hydrogen (secondary N) is 1. The molecule has 0 saturated heterocycles. The van der Waals surface area contributed by atoms with Crippen molar-refractivity contribution < 1.29 is 18.7 Å². The van der Waals surface area contributed by atoms with Gasteiger partial charge in [-0.1, -0.05) is 15.9 Å². The second kappa shape index (κ2) is 7.17. The maximum atomic E-state index is 13.1. The van der Waals surface area contributed by atoms with Gasteiger partial charge >= 0.3 is 0 Å². The van der Waals surface area contributed by atoms with Crippen molar-refractivity contribution in [1.29, 1.82) is 0 Å². The average molecular weight is 366 g/mol. The van der Waals surface area contributed by atoms with E-state index in [-0.39, 0.29) is 29.6 Å². The molecular weight excluding hydrogens is 353 g/mol. The van der Waals surface area contributed by atoms with E-state index in [4.69, 9.17) is 4.74 Å². The Kier molecular flexibility index (Phi) is 5.27. The molecule has 2 aromatic carbocycles. The SMILES string of the molecule is CC(=O)c1cc(F)ccc1OCC(=O)Nc1ccc(Br)cc1. The minimum Gasteiger partial charge on any atom is -0.483 e. The summed E-state index contributed by atoms with van der Waals surface area (Å²) in [5.74, 6) is -1.05. The van der Waals surface area contributed by atoms with E-state index in [1.165, 1.54) is 19.1 Å². The number of amides is 1. The lowest BCUT2D eigenvalue weighted by Crippen LogP contribution is -2.20. The first-order chi connectivity index (χ1) is 10.5. The maximum Gasteiger partial charge on any atom is 0.262 e. The summed E-state index contributed by atoms with van der Waals surface area (Å²) in [6, 6.07) is 10.7. The number of carbonyl (C=O) groups excluding carboxylic acids is 2. The second-order valence-electron chi connectivity index (χ2n) is 4.54. The van der Waals surface area contributed by atoms with Crippen LogP contribution in [0.3, 0.4) is 0 Å². The fourth-order valence-electron chi connectivity index (χ4n) is 1.78. The van der Waals surface area contributed by atoms with E-state index in [0.29, 0.717) is 5.69 Å². The number of anilines is 1. The van der Waals surface area contributed by atoms with Gasteiger partial charge < -0.3 is 10.1 Å². The zero-order chi connectivity index (χ0) is 16.1. The molecule has 0 heterocycles. The molecule has 1 N–H and O–H groups in total. The number of hydrogen-bond donors (Lipinski definition) is 1. The van der Waals surface area contributed by atoms with Crippen LogP contribution in [0, 0.1) is 5.82 Å². The summed E-state index contributed by atoms with van der Waals surface area (Å²) in [4.78, 5) is 23.2. The molecule has 0 bridgehead atoms. The molecule has 0 aromatic heterocycles. The molecule has 4 nitrogen and oxygen atoms in total. The highest BCUT2D eigenvalue weighted by molar-refractivity contribution is 9.10. The third kappa shape index (κ3) is 4.39. The van der Waals surface area contributed by atoms with Crippen LogP contribution in [-0.2, 0) is 4.79 Å². The Hall–Kier alpha value is -2.21. The molecule has 0 aliphatic rings. The van der Waals surface area contributed by atoms with Crippen molar-refractivity contribution in [3.63, 3.8) is 0 Å². The summed E-state index contributed by atoms with van der Waals surface area (Å²) in [6.07, 6.45) is 0. The molecule has 2 rings (SSSR count). The highest BCUT2D eigenvalue weighted by Gasteiger charge is 2.11. The van der Waals surface area contributed by atoms with Crippen molar-refractivity contribution in [2.45, 2.75) is 6.92 Å². The smallest absolute Gasteiger partial charge is 0.262 e. The van der Waals surface area contributed by atoms with Crippen LogP contribution < -0.4 is 10.1 Å². The number of halogens is 2. The van der Waals surface area contributed by atoms with Crippen molar-refractivity contribution in [3.8, 4) is 5.75 Å². The summed E-state index contributed by atoms with van der Waals surface area (Å²) in [7, 11) is 0. The molecule has 0 spiro atoms. The first-order valence-corrected chi connectivity index (χ1v) is 7.23. The maximum absolute atomic E-state index is 13.1. The predicted octanol–water partition coefficient (Wildman–Crippen LogP) is 3.81. The second-order valence-corrected chi connectivity index (χ2v) is 5.46. The number of ketones is 1. The van der Waals surface area contributed by atoms with Gasteiger partial charge in [0.05, 0.1) is 5.56 Å². The summed E-state index contributed by atoms with van der Waals surface area (Å²) in [5.41, 5.74) is 0.735. The summed E-state index contributed by atoms with van der Waals surface area (Å²) >= 11 is 3.30. The van der Waals surface area contributed by atoms with Gasteiger partial charge in [0.1, 0.15) is 11.6 Å². The molecule has 1 amide bonds. The molecule has 0 fully saturated rings. The number of hydrogen-bond acceptors (Lipinski definition) is 3. The van der Waals surface area contributed by atoms with E-state index in [9.17, 15) is 14.0 Å². The Morgan fingerprint density at radius 3 is 2.50 bits per heavy atom. The van der Waals surface area contributed by atoms with E-state index >= 15 is 0 Å². The molecule has 0 aliphatic heterocycles. The fraction of sp³-hybridized carbons (Fsp3) is 0.125. The first-order valence-electron chi connectivity index (χ1n) is 6.44. The van der Waals surface area contributed by atoms with Crippen molar-refractivity contribution in [2.75, 3.05) is 11.9 Å². The third-order valence-corrected chi connectivity index (χ3v) is 3.34. The molecule has 0 radical (unpaired) electrons. The Labute approximate surface area is 135 Å². The molecule has 22 heavy (non-hydrogen) atoms. The van der Waals surface area contributed by atoms with E-state index in [0.717, 1.165) is 10.5 Å². The Morgan fingerprint density at radius 1 is 1.18 bits per heavy atom. The number of ether oxygens (including phenoxy) is 1. The van der Waals surface area contributed by atoms with Crippen molar-refractivity contribution in [1.82, 2.24) is 0 Å². The molecule has 6 heteroatoms. The van der Waals surface area contributed by atoms with Gasteiger partial charge in [0.2, 0.25) is 0 Å². The lowest BCUT2D eigenvalue weighted by molar-refractivity contribution is -0.118. The summed E-state index contributed by atoms with van der Waals surface area (Å²) < 4.78 is 19.3. The molecule has 0 saturated carbocycles. The number of carbonyl (C=O) groups is 2. The first kappa shape index (κ1) is 16.2. The van der Waals surface area contributed by atoms with Crippen LogP contribution in [0.25, 0.3) is 0 Å². The van der Waals surface area contributed by atoms with Crippen molar-refractivity contribution >= 4 is 33.3 Å². The van der Waals surface area contributed by atoms with Crippen LogP contribution in [0.4, 0.5) is 10.1 Å². The summed E-state index contributed by atoms with van der Waals surface area (Å²) in [5, 5.41) is 2.66. The fourth-order valence-corrected chi connectivity index (χ4v) is 2.04. The third-order valence-electron chi connectivity index (χ3n) is 2.81. The van der Waals surface area contributed by atoms with Gasteiger partial charge in [0.25, 0.3) is 5.91 Å². The lowest BCUT2D eigenvalue weighted by Gasteiger charge is -2.10. The lowest BCUT2D eigenvalue weighted by atomic mass is 10.1. The average Bonchev–Trinajstić information content (AvgIpc) is 2.48. The van der Waals surface area contributed by atoms with E-state index in [1.807, 2.05) is 0 Å². The normalized spacial score (nSPS) is 10.1. The Bertz CT molecular complexity index is 701. The van der Waals surface area contributed by atoms with Crippen LogP contribution in [-0.4, -0.2) is 18.3 Å². The molecule has 0 aliphatic carbocycles. The standard InChI is InChI=1S/C16H13BrFNO3/c1-10(20)14-8-12(18)4-7-15(14)22-9-16(21)19-13-5-2-11(17)3-6-13/h2-8H,9H2,1H3,(H,19,21). The zero-order valence-electron chi connectivity index (χ0n) is 11.7. The minimum atomic E-state index is -0.531. The van der Waals surface area contributed by atoms with Gasteiger partial charge in [0, 0.05) is 10.2 Å². The Balaban J connectivity index is 1.99. The van der Waals surface area contributed by atoms with Crippen molar-refractivity contribution in [2.24, 2.45) is 0 Å². The quantitative estimate of drug-likeness (QED) is 0.819. The molecular formula is C16H13BrFNO3. The van der Waals surface area contributed by atoms with Gasteiger partial charge in [-0.05, 0) is 49.4 Å². The van der Waals surface area contributed by atoms with E-state index < -0.39 is 5.82 Å². The highest BCUT2D eigenvalue weighted by atomic mass is 79.9. The molecule has 2 aromatic rings. The largest absolute Gasteiger partial charge is 0.483 e. The van der Waals surface area contributed by atoms with Gasteiger partial charge in [0.15, 0.2) is 12.4 Å². The molecule has 0 unspecified atom stereocenters. The molecule has 114 valence electrons. The number of Topliss-reactive ketones (excluding diaryl/α,β-unsaturated/α-hetero) is 1. The zero-order valence-corrected chi connectivity index (χ0v) is 13.3. The number of benzene rings is 2. The number of rotatable bonds is 5. The highest BCUT2D eigenvalue weighted by Crippen LogP contribution is 2.20. The van der Waals surface area contributed by atoms with Gasteiger partial charge in [-0.25, -0.2) is 4.39 Å². The van der Waals surface area contributed by atoms with Crippen LogP contribution in [0.1, 0.15) is 17.3 Å². The van der Waals surface area contributed by atoms with Crippen LogP contribution in [0.15, 0.2) is 46.9 Å². The van der Waals surface area contributed by atoms with Crippen LogP contribution in [0.2, 0.25) is 0 Å². The monoisotopic (exact) mass is 365 g/mol. The minimum absolute atomic E-state index is 0.108. The predicted molar refractivity (Wildman–Crippen MR) is 84.7 cm³/mol. The summed E-state index contributed by atoms with van der Waals surface area (Å²) in [6.45, 7) is 1.03. The molecule has 0 atom stereocenters. The van der Waals surface area contributed by atoms with Gasteiger partial charge in [-0.3, -0.25) is 9.59 Å². The van der Waals surface area contributed by atoms with E-state index in [1.54, 1.807) is 24.3 Å². The van der Waals surface area contributed by atoms with Gasteiger partial charge in [-0.15, -0.1) is 0 Å².